The van der Waals surface area contributed by atoms with Crippen molar-refractivity contribution in [2.45, 2.75) is 52.6 Å². The second-order valence-corrected chi connectivity index (χ2v) is 5.72. The molecular formula is C17H25AcN2O2-. The van der Waals surface area contributed by atoms with E-state index in [1.165, 1.54) is 6.92 Å². The molecule has 0 heterocycles. The minimum atomic E-state index is -0.824. The summed E-state index contributed by atoms with van der Waals surface area (Å²) in [6.45, 7) is 7.31. The fourth-order valence-electron chi connectivity index (χ4n) is 2.01. The molecule has 119 valence electrons. The Morgan fingerprint density at radius 2 is 1.77 bits per heavy atom. The second-order valence-electron chi connectivity index (χ2n) is 5.72. The van der Waals surface area contributed by atoms with Crippen LogP contribution in [0.2, 0.25) is 0 Å². The van der Waals surface area contributed by atoms with Crippen molar-refractivity contribution < 1.29 is 53.7 Å². The number of amides is 1. The normalized spacial score (nSPS) is 14.4. The Hall–Kier alpha value is -0.238. The zero-order valence-electron chi connectivity index (χ0n) is 13.8. The molecular weight excluding hydrogens is 491 g/mol. The van der Waals surface area contributed by atoms with Crippen molar-refractivity contribution in [3.05, 3.63) is 41.1 Å². The fraction of sp³-hybridized carbons (Fsp3) is 0.529. The molecule has 0 aliphatic rings. The van der Waals surface area contributed by atoms with Crippen molar-refractivity contribution in [3.8, 4) is 0 Å². The van der Waals surface area contributed by atoms with E-state index in [0.29, 0.717) is 6.42 Å². The maximum absolute atomic E-state index is 12.1. The Bertz CT molecular complexity index is 488. The maximum Gasteiger partial charge on any atom is 0.203 e. The van der Waals surface area contributed by atoms with Gasteiger partial charge in [-0.05, 0) is 25.8 Å². The Morgan fingerprint density at radius 3 is 2.23 bits per heavy atom. The summed E-state index contributed by atoms with van der Waals surface area (Å²) in [6.07, 6.45) is 1.23. The number of carbonyl (C=O) groups is 2. The number of hydrogen-bond acceptors (Lipinski definition) is 2. The number of benzene rings is 1. The molecule has 1 rings (SSSR count). The zero-order valence-corrected chi connectivity index (χ0v) is 18.6. The number of aryl methyl sites for hydroxylation is 1. The van der Waals surface area contributed by atoms with Crippen LogP contribution in [0.25, 0.3) is 5.73 Å². The SMILES string of the molecule is CCC(C)C([NH-])C(=O)NC(Cc1ccc(C)cc1)C(C)=O.[Ac]. The Balaban J connectivity index is 0.00000441. The molecule has 4 nitrogen and oxygen atoms in total. The number of carbonyl (C=O) groups excluding carboxylic acids is 2. The number of Topliss-reactive ketones (excluding diaryl/α,β-unsaturated/α-hetero) is 1. The van der Waals surface area contributed by atoms with Gasteiger partial charge in [0.15, 0.2) is 5.78 Å². The Morgan fingerprint density at radius 1 is 1.23 bits per heavy atom. The predicted octanol–water partition coefficient (Wildman–Crippen LogP) is 3.08. The van der Waals surface area contributed by atoms with Gasteiger partial charge in [0.05, 0.1) is 6.04 Å². The molecule has 0 aliphatic carbocycles. The largest absolute Gasteiger partial charge is 0.667 e. The van der Waals surface area contributed by atoms with E-state index in [9.17, 15) is 9.59 Å². The maximum atomic E-state index is 12.1. The van der Waals surface area contributed by atoms with E-state index >= 15 is 0 Å². The third-order valence-electron chi connectivity index (χ3n) is 3.86. The monoisotopic (exact) mass is 516 g/mol. The third-order valence-corrected chi connectivity index (χ3v) is 3.86. The van der Waals surface area contributed by atoms with Gasteiger partial charge < -0.3 is 11.1 Å². The smallest absolute Gasteiger partial charge is 0.203 e. The molecule has 5 heteroatoms. The van der Waals surface area contributed by atoms with Crippen LogP contribution < -0.4 is 5.32 Å². The van der Waals surface area contributed by atoms with Crippen molar-refractivity contribution in [2.75, 3.05) is 0 Å². The molecule has 1 aromatic carbocycles. The van der Waals surface area contributed by atoms with Crippen molar-refractivity contribution in [2.24, 2.45) is 5.92 Å². The summed E-state index contributed by atoms with van der Waals surface area (Å²) >= 11 is 0. The number of nitrogens with one attached hydrogen (secondary N) is 2. The van der Waals surface area contributed by atoms with Crippen LogP contribution in [0.4, 0.5) is 0 Å². The topological polar surface area (TPSA) is 70.0 Å². The molecule has 3 atom stereocenters. The molecule has 1 amide bonds. The Labute approximate surface area is 169 Å². The van der Waals surface area contributed by atoms with Gasteiger partial charge in [-0.3, -0.25) is 9.59 Å². The molecule has 0 bridgehead atoms. The molecule has 1 radical (unpaired) electrons. The van der Waals surface area contributed by atoms with Gasteiger partial charge in [0.25, 0.3) is 0 Å². The number of ketones is 1. The van der Waals surface area contributed by atoms with E-state index in [1.54, 1.807) is 0 Å². The van der Waals surface area contributed by atoms with Crippen LogP contribution in [0.1, 0.15) is 38.3 Å². The Kier molecular flexibility index (Phi) is 10.4. The summed E-state index contributed by atoms with van der Waals surface area (Å²) in [5.74, 6) is -0.464. The van der Waals surface area contributed by atoms with E-state index in [-0.39, 0.29) is 61.7 Å². The second kappa shape index (κ2) is 10.5. The van der Waals surface area contributed by atoms with Crippen LogP contribution in [0, 0.1) is 56.9 Å². The quantitative estimate of drug-likeness (QED) is 0.606. The van der Waals surface area contributed by atoms with Crippen LogP contribution in [-0.4, -0.2) is 23.8 Å². The zero-order chi connectivity index (χ0) is 16.0. The first-order valence-corrected chi connectivity index (χ1v) is 7.42. The summed E-state index contributed by atoms with van der Waals surface area (Å²) in [5.41, 5.74) is 10.1. The van der Waals surface area contributed by atoms with Gasteiger partial charge in [-0.15, -0.1) is 0 Å². The van der Waals surface area contributed by atoms with Crippen molar-refractivity contribution >= 4 is 11.7 Å². The molecule has 2 N–H and O–H groups in total. The summed E-state index contributed by atoms with van der Waals surface area (Å²) in [7, 11) is 0. The third kappa shape index (κ3) is 6.90. The molecule has 0 fully saturated rings. The van der Waals surface area contributed by atoms with Crippen LogP contribution in [0.3, 0.4) is 0 Å². The standard InChI is InChI=1S/C17H25N2O2.Ac/c1-5-12(3)16(18)17(21)19-15(13(4)20)10-14-8-6-11(2)7-9-14;/h6-9,12,15-16,18H,5,10H2,1-4H3,(H,19,21);/q-1;. The first-order chi connectivity index (χ1) is 9.85. The molecule has 0 saturated carbocycles. The molecule has 0 aromatic heterocycles. The van der Waals surface area contributed by atoms with Crippen molar-refractivity contribution in [3.63, 3.8) is 0 Å². The fourth-order valence-corrected chi connectivity index (χ4v) is 2.01. The number of hydrogen-bond donors (Lipinski definition) is 1. The molecule has 0 spiro atoms. The van der Waals surface area contributed by atoms with E-state index in [1.807, 2.05) is 45.0 Å². The first-order valence-electron chi connectivity index (χ1n) is 7.42. The van der Waals surface area contributed by atoms with Gasteiger partial charge in [-0.2, -0.15) is 0 Å². The summed E-state index contributed by atoms with van der Waals surface area (Å²) in [4.78, 5) is 23.8. The molecule has 0 saturated heterocycles. The van der Waals surface area contributed by atoms with Crippen LogP contribution >= 0.6 is 0 Å². The van der Waals surface area contributed by atoms with E-state index < -0.39 is 12.1 Å². The predicted molar refractivity (Wildman–Crippen MR) is 85.1 cm³/mol. The van der Waals surface area contributed by atoms with Gasteiger partial charge in [0, 0.05) is 44.1 Å². The molecule has 22 heavy (non-hydrogen) atoms. The summed E-state index contributed by atoms with van der Waals surface area (Å²) < 4.78 is 0. The van der Waals surface area contributed by atoms with E-state index in [0.717, 1.165) is 17.5 Å². The number of rotatable bonds is 7. The van der Waals surface area contributed by atoms with Crippen molar-refractivity contribution in [1.29, 1.82) is 0 Å². The summed E-state index contributed by atoms with van der Waals surface area (Å²) in [6, 6.07) is 6.52. The summed E-state index contributed by atoms with van der Waals surface area (Å²) in [5, 5.41) is 2.72. The minimum absolute atomic E-state index is 0. The van der Waals surface area contributed by atoms with Crippen LogP contribution in [0.5, 0.6) is 0 Å². The van der Waals surface area contributed by atoms with E-state index in [2.05, 4.69) is 5.32 Å². The first kappa shape index (κ1) is 21.8. The molecule has 0 aliphatic heterocycles. The van der Waals surface area contributed by atoms with Crippen molar-refractivity contribution in [1.82, 2.24) is 5.32 Å². The average molecular weight is 516 g/mol. The van der Waals surface area contributed by atoms with Gasteiger partial charge >= 0.3 is 0 Å². The van der Waals surface area contributed by atoms with Gasteiger partial charge in [-0.25, -0.2) is 0 Å². The minimum Gasteiger partial charge on any atom is -0.667 e. The van der Waals surface area contributed by atoms with E-state index in [4.69, 9.17) is 5.73 Å². The van der Waals surface area contributed by atoms with Gasteiger partial charge in [-0.1, -0.05) is 62.1 Å². The average Bonchev–Trinajstić information content (AvgIpc) is 2.46. The van der Waals surface area contributed by atoms with Gasteiger partial charge in [0.2, 0.25) is 5.91 Å². The van der Waals surface area contributed by atoms with Gasteiger partial charge in [0.1, 0.15) is 0 Å². The molecule has 1 aromatic rings. The van der Waals surface area contributed by atoms with Crippen LogP contribution in [-0.2, 0) is 16.0 Å². The molecule has 3 unspecified atom stereocenters. The van der Waals surface area contributed by atoms with Crippen LogP contribution in [0.15, 0.2) is 24.3 Å².